The first-order chi connectivity index (χ1) is 16.8. The molecule has 0 bridgehead atoms. The number of halogens is 1. The number of amides is 1. The number of fused-ring (bicyclic) bond motifs is 1. The number of rotatable bonds is 6. The average Bonchev–Trinajstić information content (AvgIpc) is 2.83. The normalized spacial score (nSPS) is 10.9. The summed E-state index contributed by atoms with van der Waals surface area (Å²) in [5, 5.41) is 6.83. The average molecular weight is 507 g/mol. The molecule has 0 fully saturated rings. The van der Waals surface area contributed by atoms with Gasteiger partial charge in [0.2, 0.25) is 0 Å². The molecular formula is C27H23ClN2O4S. The fourth-order valence-corrected chi connectivity index (χ4v) is 3.86. The number of ether oxygens (including phenoxy) is 1. The summed E-state index contributed by atoms with van der Waals surface area (Å²) in [5.74, 6) is 0.759. The van der Waals surface area contributed by atoms with E-state index in [4.69, 9.17) is 33.0 Å². The molecule has 1 aromatic heterocycles. The Hall–Kier alpha value is -3.68. The van der Waals surface area contributed by atoms with Crippen molar-refractivity contribution in [3.05, 3.63) is 93.8 Å². The molecule has 0 aliphatic heterocycles. The molecule has 35 heavy (non-hydrogen) atoms. The molecule has 0 atom stereocenters. The first kappa shape index (κ1) is 24.4. The van der Waals surface area contributed by atoms with Gasteiger partial charge in [0.15, 0.2) is 5.11 Å². The zero-order chi connectivity index (χ0) is 24.9. The smallest absolute Gasteiger partial charge is 0.344 e. The number of anilines is 1. The van der Waals surface area contributed by atoms with Gasteiger partial charge in [-0.15, -0.1) is 0 Å². The number of benzene rings is 3. The van der Waals surface area contributed by atoms with Gasteiger partial charge in [0.05, 0.1) is 17.2 Å². The topological polar surface area (TPSA) is 80.6 Å². The largest absolute Gasteiger partial charge is 0.493 e. The van der Waals surface area contributed by atoms with E-state index in [1.54, 1.807) is 60.7 Å². The quantitative estimate of drug-likeness (QED) is 0.237. The van der Waals surface area contributed by atoms with Crippen molar-refractivity contribution in [2.75, 3.05) is 11.9 Å². The Labute approximate surface area is 212 Å². The van der Waals surface area contributed by atoms with E-state index in [1.165, 1.54) is 0 Å². The van der Waals surface area contributed by atoms with Crippen LogP contribution in [0.15, 0.2) is 82.0 Å². The molecule has 2 N–H and O–H groups in total. The zero-order valence-corrected chi connectivity index (χ0v) is 20.7. The number of para-hydroxylation sites is 1. The SMILES string of the molecule is CC(C)COc1ccc(C(=O)NC(=S)Nc2ccc(-c3cc4ccccc4oc3=O)c(Cl)c2)cc1. The van der Waals surface area contributed by atoms with Crippen molar-refractivity contribution in [3.8, 4) is 16.9 Å². The van der Waals surface area contributed by atoms with E-state index < -0.39 is 5.63 Å². The van der Waals surface area contributed by atoms with Crippen LogP contribution in [-0.2, 0) is 0 Å². The molecule has 3 aromatic carbocycles. The number of hydrogen-bond acceptors (Lipinski definition) is 5. The van der Waals surface area contributed by atoms with Crippen molar-refractivity contribution in [3.63, 3.8) is 0 Å². The molecule has 8 heteroatoms. The minimum atomic E-state index is -0.477. The Balaban J connectivity index is 1.42. The zero-order valence-electron chi connectivity index (χ0n) is 19.1. The predicted octanol–water partition coefficient (Wildman–Crippen LogP) is 6.28. The third-order valence-corrected chi connectivity index (χ3v) is 5.60. The Morgan fingerprint density at radius 3 is 2.49 bits per heavy atom. The standard InChI is InChI=1S/C27H23ClN2O4S/c1-16(2)15-33-20-10-7-17(8-11-20)25(31)30-27(35)29-19-9-12-21(23(28)14-19)22-13-18-5-3-4-6-24(18)34-26(22)32/h3-14,16H,15H2,1-2H3,(H2,29,30,31,35). The number of nitrogens with one attached hydrogen (secondary N) is 2. The van der Waals surface area contributed by atoms with Gasteiger partial charge in [-0.3, -0.25) is 10.1 Å². The molecule has 0 saturated heterocycles. The van der Waals surface area contributed by atoms with Gasteiger partial charge in [-0.05, 0) is 66.7 Å². The van der Waals surface area contributed by atoms with E-state index >= 15 is 0 Å². The summed E-state index contributed by atoms with van der Waals surface area (Å²) in [4.78, 5) is 25.0. The second kappa shape index (κ2) is 10.7. The van der Waals surface area contributed by atoms with Gasteiger partial charge in [0.1, 0.15) is 11.3 Å². The molecule has 1 heterocycles. The van der Waals surface area contributed by atoms with Gasteiger partial charge in [0.25, 0.3) is 5.91 Å². The molecule has 1 amide bonds. The lowest BCUT2D eigenvalue weighted by atomic mass is 10.1. The second-order valence-corrected chi connectivity index (χ2v) is 9.13. The number of carbonyl (C=O) groups excluding carboxylic acids is 1. The molecule has 178 valence electrons. The van der Waals surface area contributed by atoms with Crippen LogP contribution in [0.25, 0.3) is 22.1 Å². The molecule has 4 rings (SSSR count). The summed E-state index contributed by atoms with van der Waals surface area (Å²) in [6, 6.07) is 20.9. The summed E-state index contributed by atoms with van der Waals surface area (Å²) in [6.45, 7) is 4.74. The Bertz CT molecular complexity index is 1450. The summed E-state index contributed by atoms with van der Waals surface area (Å²) in [6.07, 6.45) is 0. The lowest BCUT2D eigenvalue weighted by molar-refractivity contribution is 0.0977. The van der Waals surface area contributed by atoms with E-state index in [1.807, 2.05) is 12.1 Å². The molecule has 0 unspecified atom stereocenters. The maximum atomic E-state index is 12.5. The Kier molecular flexibility index (Phi) is 7.48. The molecule has 6 nitrogen and oxygen atoms in total. The van der Waals surface area contributed by atoms with Crippen LogP contribution < -0.4 is 21.0 Å². The highest BCUT2D eigenvalue weighted by Crippen LogP contribution is 2.30. The third kappa shape index (κ3) is 6.07. The van der Waals surface area contributed by atoms with Crippen LogP contribution in [0.3, 0.4) is 0 Å². The van der Waals surface area contributed by atoms with Crippen molar-refractivity contribution in [2.24, 2.45) is 5.92 Å². The minimum Gasteiger partial charge on any atom is -0.493 e. The summed E-state index contributed by atoms with van der Waals surface area (Å²) >= 11 is 11.7. The maximum absolute atomic E-state index is 12.5. The van der Waals surface area contributed by atoms with E-state index in [0.29, 0.717) is 51.3 Å². The Morgan fingerprint density at radius 1 is 1.03 bits per heavy atom. The highest BCUT2D eigenvalue weighted by Gasteiger charge is 2.13. The molecule has 0 aliphatic rings. The van der Waals surface area contributed by atoms with Gasteiger partial charge >= 0.3 is 5.63 Å². The van der Waals surface area contributed by atoms with Crippen LogP contribution in [0.5, 0.6) is 5.75 Å². The summed E-state index contributed by atoms with van der Waals surface area (Å²) < 4.78 is 11.0. The number of thiocarbonyl (C=S) groups is 1. The number of carbonyl (C=O) groups is 1. The third-order valence-electron chi connectivity index (χ3n) is 5.09. The van der Waals surface area contributed by atoms with Crippen molar-refractivity contribution in [2.45, 2.75) is 13.8 Å². The fraction of sp³-hybridized carbons (Fsp3) is 0.148. The van der Waals surface area contributed by atoms with E-state index in [2.05, 4.69) is 24.5 Å². The predicted molar refractivity (Wildman–Crippen MR) is 143 cm³/mol. The van der Waals surface area contributed by atoms with Gasteiger partial charge in [0, 0.05) is 22.2 Å². The number of hydrogen-bond donors (Lipinski definition) is 2. The second-order valence-electron chi connectivity index (χ2n) is 8.32. The van der Waals surface area contributed by atoms with E-state index in [9.17, 15) is 9.59 Å². The van der Waals surface area contributed by atoms with Gasteiger partial charge in [-0.1, -0.05) is 49.7 Å². The Morgan fingerprint density at radius 2 is 1.77 bits per heavy atom. The first-order valence-electron chi connectivity index (χ1n) is 11.0. The summed E-state index contributed by atoms with van der Waals surface area (Å²) in [5.41, 5.74) is 1.93. The van der Waals surface area contributed by atoms with Crippen molar-refractivity contribution >= 4 is 51.5 Å². The van der Waals surface area contributed by atoms with Gasteiger partial charge < -0.3 is 14.5 Å². The molecule has 0 spiro atoms. The lowest BCUT2D eigenvalue weighted by Crippen LogP contribution is -2.34. The van der Waals surface area contributed by atoms with Crippen LogP contribution in [0.2, 0.25) is 5.02 Å². The van der Waals surface area contributed by atoms with E-state index in [0.717, 1.165) is 5.39 Å². The summed E-state index contributed by atoms with van der Waals surface area (Å²) in [7, 11) is 0. The van der Waals surface area contributed by atoms with Crippen LogP contribution >= 0.6 is 23.8 Å². The molecule has 0 aliphatic carbocycles. The first-order valence-corrected chi connectivity index (χ1v) is 11.8. The molecule has 0 radical (unpaired) electrons. The molecule has 0 saturated carbocycles. The monoisotopic (exact) mass is 506 g/mol. The fourth-order valence-electron chi connectivity index (χ4n) is 3.36. The van der Waals surface area contributed by atoms with Crippen molar-refractivity contribution < 1.29 is 13.9 Å². The lowest BCUT2D eigenvalue weighted by Gasteiger charge is -2.12. The van der Waals surface area contributed by atoms with Crippen molar-refractivity contribution in [1.82, 2.24) is 5.32 Å². The van der Waals surface area contributed by atoms with Crippen LogP contribution in [-0.4, -0.2) is 17.6 Å². The maximum Gasteiger partial charge on any atom is 0.344 e. The minimum absolute atomic E-state index is 0.115. The molecular weight excluding hydrogens is 484 g/mol. The van der Waals surface area contributed by atoms with Crippen molar-refractivity contribution in [1.29, 1.82) is 0 Å². The van der Waals surface area contributed by atoms with Gasteiger partial charge in [-0.2, -0.15) is 0 Å². The van der Waals surface area contributed by atoms with Crippen LogP contribution in [0.4, 0.5) is 5.69 Å². The highest BCUT2D eigenvalue weighted by molar-refractivity contribution is 7.80. The highest BCUT2D eigenvalue weighted by atomic mass is 35.5. The molecule has 4 aromatic rings. The van der Waals surface area contributed by atoms with Gasteiger partial charge in [-0.25, -0.2) is 4.79 Å². The van der Waals surface area contributed by atoms with E-state index in [-0.39, 0.29) is 11.0 Å². The van der Waals surface area contributed by atoms with Crippen LogP contribution in [0.1, 0.15) is 24.2 Å². The van der Waals surface area contributed by atoms with Crippen LogP contribution in [0, 0.1) is 5.92 Å².